The summed E-state index contributed by atoms with van der Waals surface area (Å²) >= 11 is 0. The van der Waals surface area contributed by atoms with Gasteiger partial charge in [-0.2, -0.15) is 0 Å². The maximum Gasteiger partial charge on any atom is 0.191 e. The highest BCUT2D eigenvalue weighted by Crippen LogP contribution is 2.24. The van der Waals surface area contributed by atoms with Crippen molar-refractivity contribution in [3.05, 3.63) is 48.0 Å². The lowest BCUT2D eigenvalue weighted by atomic mass is 10.1. The highest BCUT2D eigenvalue weighted by Gasteiger charge is 2.24. The van der Waals surface area contributed by atoms with E-state index in [4.69, 9.17) is 9.41 Å². The normalized spacial score (nSPS) is 15.9. The first-order chi connectivity index (χ1) is 14.2. The van der Waals surface area contributed by atoms with Gasteiger partial charge in [-0.3, -0.25) is 4.90 Å². The van der Waals surface area contributed by atoms with Crippen LogP contribution in [0.5, 0.6) is 0 Å². The van der Waals surface area contributed by atoms with Crippen molar-refractivity contribution in [1.82, 2.24) is 20.5 Å². The number of nitrogens with zero attached hydrogens (tertiary/aromatic N) is 4. The zero-order chi connectivity index (χ0) is 20.5. The van der Waals surface area contributed by atoms with Crippen molar-refractivity contribution in [3.63, 3.8) is 0 Å². The number of nitrogens with one attached hydrogen (secondary N) is 2. The van der Waals surface area contributed by atoms with Crippen LogP contribution in [-0.2, 0) is 6.54 Å². The van der Waals surface area contributed by atoms with Gasteiger partial charge < -0.3 is 20.0 Å². The highest BCUT2D eigenvalue weighted by atomic mass is 127. The first-order valence-corrected chi connectivity index (χ1v) is 10.6. The standard InChI is InChI=1S/C22H34N6O.HI/c1-4-23-22(24-16-18-10-8-12-21(26-18)27(2)3)25-17-19(20-11-9-15-29-20)28-13-6-5-7-14-28;/h8-12,15,19H,4-7,13-14,16-17H2,1-3H3,(H2,23,24,25);1H. The third-order valence-electron chi connectivity index (χ3n) is 5.16. The molecule has 0 amide bonds. The van der Waals surface area contributed by atoms with Crippen molar-refractivity contribution in [2.24, 2.45) is 4.99 Å². The molecule has 2 aromatic heterocycles. The molecule has 1 saturated heterocycles. The second-order valence-corrected chi connectivity index (χ2v) is 7.59. The van der Waals surface area contributed by atoms with Crippen LogP contribution in [-0.4, -0.2) is 56.1 Å². The number of furan rings is 1. The summed E-state index contributed by atoms with van der Waals surface area (Å²) in [7, 11) is 3.99. The third-order valence-corrected chi connectivity index (χ3v) is 5.16. The summed E-state index contributed by atoms with van der Waals surface area (Å²) < 4.78 is 5.75. The van der Waals surface area contributed by atoms with Gasteiger partial charge in [-0.05, 0) is 57.1 Å². The number of aliphatic imine (C=N–C) groups is 1. The van der Waals surface area contributed by atoms with Gasteiger partial charge in [0.25, 0.3) is 0 Å². The number of halogens is 1. The molecule has 0 aromatic carbocycles. The lowest BCUT2D eigenvalue weighted by Gasteiger charge is -2.33. The van der Waals surface area contributed by atoms with E-state index in [0.717, 1.165) is 49.4 Å². The summed E-state index contributed by atoms with van der Waals surface area (Å²) in [5, 5.41) is 6.86. The molecule has 30 heavy (non-hydrogen) atoms. The molecule has 1 aliphatic rings. The average Bonchev–Trinajstić information content (AvgIpc) is 3.27. The van der Waals surface area contributed by atoms with Crippen molar-refractivity contribution in [2.45, 2.75) is 38.8 Å². The number of hydrogen-bond donors (Lipinski definition) is 2. The van der Waals surface area contributed by atoms with Gasteiger partial charge in [0.15, 0.2) is 5.96 Å². The zero-order valence-electron chi connectivity index (χ0n) is 18.3. The van der Waals surface area contributed by atoms with Crippen molar-refractivity contribution in [1.29, 1.82) is 0 Å². The van der Waals surface area contributed by atoms with Crippen molar-refractivity contribution in [2.75, 3.05) is 45.2 Å². The second kappa shape index (κ2) is 12.8. The average molecular weight is 526 g/mol. The molecule has 0 aliphatic carbocycles. The molecular weight excluding hydrogens is 491 g/mol. The SMILES string of the molecule is CCNC(=NCc1cccc(N(C)C)n1)NCC(c1ccco1)N1CCCCC1.I. The van der Waals surface area contributed by atoms with E-state index >= 15 is 0 Å². The quantitative estimate of drug-likeness (QED) is 0.311. The minimum Gasteiger partial charge on any atom is -0.468 e. The van der Waals surface area contributed by atoms with Crippen LogP contribution in [0.25, 0.3) is 0 Å². The monoisotopic (exact) mass is 526 g/mol. The molecule has 3 heterocycles. The lowest BCUT2D eigenvalue weighted by molar-refractivity contribution is 0.146. The van der Waals surface area contributed by atoms with Gasteiger partial charge in [-0.15, -0.1) is 24.0 Å². The van der Waals surface area contributed by atoms with Crippen LogP contribution in [0.2, 0.25) is 0 Å². The molecule has 3 rings (SSSR count). The fraction of sp³-hybridized carbons (Fsp3) is 0.545. The van der Waals surface area contributed by atoms with E-state index in [9.17, 15) is 0 Å². The third kappa shape index (κ3) is 7.16. The Hall–Kier alpha value is -1.81. The van der Waals surface area contributed by atoms with E-state index in [0.29, 0.717) is 6.54 Å². The maximum atomic E-state index is 5.75. The summed E-state index contributed by atoms with van der Waals surface area (Å²) in [6, 6.07) is 10.3. The minimum atomic E-state index is 0. The fourth-order valence-electron chi connectivity index (χ4n) is 3.62. The number of likely N-dealkylation sites (tertiary alicyclic amines) is 1. The molecule has 7 nitrogen and oxygen atoms in total. The van der Waals surface area contributed by atoms with E-state index in [1.165, 1.54) is 19.3 Å². The molecule has 2 N–H and O–H groups in total. The number of pyridine rings is 1. The van der Waals surface area contributed by atoms with E-state index in [1.807, 2.05) is 43.3 Å². The van der Waals surface area contributed by atoms with Crippen LogP contribution in [0.4, 0.5) is 5.82 Å². The van der Waals surface area contributed by atoms with Gasteiger partial charge in [-0.25, -0.2) is 9.98 Å². The molecule has 2 aromatic rings. The predicted molar refractivity (Wildman–Crippen MR) is 134 cm³/mol. The predicted octanol–water partition coefficient (Wildman–Crippen LogP) is 3.64. The summed E-state index contributed by atoms with van der Waals surface area (Å²) in [4.78, 5) is 13.9. The Morgan fingerprint density at radius 3 is 2.63 bits per heavy atom. The molecule has 166 valence electrons. The fourth-order valence-corrected chi connectivity index (χ4v) is 3.62. The van der Waals surface area contributed by atoms with E-state index in [2.05, 4.69) is 33.5 Å². The Morgan fingerprint density at radius 2 is 1.97 bits per heavy atom. The smallest absolute Gasteiger partial charge is 0.191 e. The molecule has 0 saturated carbocycles. The van der Waals surface area contributed by atoms with Crippen LogP contribution in [0.1, 0.15) is 43.7 Å². The van der Waals surface area contributed by atoms with E-state index < -0.39 is 0 Å². The Labute approximate surface area is 197 Å². The Balaban J connectivity index is 0.00000320. The number of anilines is 1. The van der Waals surface area contributed by atoms with Crippen LogP contribution in [0.3, 0.4) is 0 Å². The van der Waals surface area contributed by atoms with Crippen molar-refractivity contribution < 1.29 is 4.42 Å². The number of rotatable bonds is 8. The van der Waals surface area contributed by atoms with Crippen LogP contribution in [0, 0.1) is 0 Å². The first kappa shape index (κ1) is 24.5. The molecule has 1 atom stereocenters. The number of guanidine groups is 1. The molecule has 0 spiro atoms. The summed E-state index contributed by atoms with van der Waals surface area (Å²) in [6.45, 7) is 6.41. The molecule has 0 radical (unpaired) electrons. The van der Waals surface area contributed by atoms with Gasteiger partial charge in [0.2, 0.25) is 0 Å². The number of piperidine rings is 1. The Kier molecular flexibility index (Phi) is 10.4. The first-order valence-electron chi connectivity index (χ1n) is 10.6. The van der Waals surface area contributed by atoms with E-state index in [-0.39, 0.29) is 30.0 Å². The minimum absolute atomic E-state index is 0. The number of hydrogen-bond acceptors (Lipinski definition) is 5. The van der Waals surface area contributed by atoms with Crippen molar-refractivity contribution >= 4 is 35.8 Å². The molecule has 1 aliphatic heterocycles. The number of aromatic nitrogens is 1. The van der Waals surface area contributed by atoms with Gasteiger partial charge in [0.1, 0.15) is 11.6 Å². The Bertz CT molecular complexity index is 759. The summed E-state index contributed by atoms with van der Waals surface area (Å²) in [5.74, 6) is 2.76. The summed E-state index contributed by atoms with van der Waals surface area (Å²) in [6.07, 6.45) is 5.57. The largest absolute Gasteiger partial charge is 0.468 e. The van der Waals surface area contributed by atoms with Crippen LogP contribution in [0.15, 0.2) is 46.0 Å². The molecular formula is C22H35IN6O. The van der Waals surface area contributed by atoms with Gasteiger partial charge in [0, 0.05) is 27.2 Å². The maximum absolute atomic E-state index is 5.75. The van der Waals surface area contributed by atoms with Gasteiger partial charge >= 0.3 is 0 Å². The zero-order valence-corrected chi connectivity index (χ0v) is 20.6. The van der Waals surface area contributed by atoms with Crippen LogP contribution >= 0.6 is 24.0 Å². The van der Waals surface area contributed by atoms with Crippen molar-refractivity contribution in [3.8, 4) is 0 Å². The lowest BCUT2D eigenvalue weighted by Crippen LogP contribution is -2.44. The molecule has 0 bridgehead atoms. The Morgan fingerprint density at radius 1 is 1.17 bits per heavy atom. The molecule has 1 unspecified atom stereocenters. The highest BCUT2D eigenvalue weighted by molar-refractivity contribution is 14.0. The molecule has 8 heteroatoms. The van der Waals surface area contributed by atoms with Gasteiger partial charge in [0.05, 0.1) is 24.5 Å². The van der Waals surface area contributed by atoms with E-state index in [1.54, 1.807) is 6.26 Å². The van der Waals surface area contributed by atoms with Gasteiger partial charge in [-0.1, -0.05) is 12.5 Å². The van der Waals surface area contributed by atoms with Crippen LogP contribution < -0.4 is 15.5 Å². The second-order valence-electron chi connectivity index (χ2n) is 7.59. The topological polar surface area (TPSA) is 68.9 Å². The molecule has 1 fully saturated rings. The summed E-state index contributed by atoms with van der Waals surface area (Å²) in [5.41, 5.74) is 0.951.